The van der Waals surface area contributed by atoms with E-state index in [1.807, 2.05) is 63.2 Å². The van der Waals surface area contributed by atoms with Crippen LogP contribution in [-0.2, 0) is 4.79 Å². The zero-order valence-electron chi connectivity index (χ0n) is 17.2. The summed E-state index contributed by atoms with van der Waals surface area (Å²) in [5.41, 5.74) is 0.489. The number of anilines is 1. The number of nitrogens with one attached hydrogen (secondary N) is 2. The molecule has 0 unspecified atom stereocenters. The van der Waals surface area contributed by atoms with Crippen LogP contribution in [0.25, 0.3) is 10.8 Å². The molecule has 29 heavy (non-hydrogen) atoms. The van der Waals surface area contributed by atoms with Gasteiger partial charge in [0.05, 0.1) is 11.3 Å². The molecule has 0 saturated heterocycles. The molecule has 150 valence electrons. The third kappa shape index (κ3) is 5.35. The normalized spacial score (nSPS) is 12.3. The summed E-state index contributed by atoms with van der Waals surface area (Å²) in [6.45, 7) is 7.41. The van der Waals surface area contributed by atoms with Crippen LogP contribution in [0.1, 0.15) is 38.1 Å². The molecular weight excluding hydrogens is 364 g/mol. The summed E-state index contributed by atoms with van der Waals surface area (Å²) in [5, 5.41) is 7.87. The van der Waals surface area contributed by atoms with E-state index in [0.29, 0.717) is 17.0 Å². The van der Waals surface area contributed by atoms with Gasteiger partial charge in [-0.05, 0) is 62.7 Å². The number of ether oxygens (including phenoxy) is 1. The van der Waals surface area contributed by atoms with Crippen molar-refractivity contribution in [1.82, 2.24) is 5.32 Å². The Labute approximate surface area is 171 Å². The molecule has 0 aromatic heterocycles. The van der Waals surface area contributed by atoms with Gasteiger partial charge in [0.2, 0.25) is 0 Å². The zero-order valence-corrected chi connectivity index (χ0v) is 17.2. The smallest absolute Gasteiger partial charge is 0.265 e. The average Bonchev–Trinajstić information content (AvgIpc) is 2.67. The van der Waals surface area contributed by atoms with Crippen LogP contribution in [0.3, 0.4) is 0 Å². The maximum absolute atomic E-state index is 12.7. The van der Waals surface area contributed by atoms with E-state index in [1.165, 1.54) is 0 Å². The first kappa shape index (κ1) is 20.4. The molecule has 1 atom stereocenters. The Bertz CT molecular complexity index is 1040. The summed E-state index contributed by atoms with van der Waals surface area (Å²) in [6, 6.07) is 20.6. The van der Waals surface area contributed by atoms with E-state index < -0.39 is 6.10 Å². The number of hydrogen-bond donors (Lipinski definition) is 2. The summed E-state index contributed by atoms with van der Waals surface area (Å²) in [7, 11) is 0. The molecule has 2 amide bonds. The van der Waals surface area contributed by atoms with Crippen LogP contribution in [0.4, 0.5) is 5.69 Å². The van der Waals surface area contributed by atoms with E-state index in [-0.39, 0.29) is 17.4 Å². The molecule has 0 radical (unpaired) electrons. The van der Waals surface area contributed by atoms with Gasteiger partial charge in [0.25, 0.3) is 11.8 Å². The number of amides is 2. The second-order valence-corrected chi connectivity index (χ2v) is 8.01. The molecule has 2 N–H and O–H groups in total. The summed E-state index contributed by atoms with van der Waals surface area (Å²) in [4.78, 5) is 25.2. The van der Waals surface area contributed by atoms with Crippen LogP contribution in [-0.4, -0.2) is 23.5 Å². The monoisotopic (exact) mass is 390 g/mol. The van der Waals surface area contributed by atoms with Crippen molar-refractivity contribution in [3.8, 4) is 5.75 Å². The van der Waals surface area contributed by atoms with Gasteiger partial charge < -0.3 is 15.4 Å². The van der Waals surface area contributed by atoms with Crippen LogP contribution in [0, 0.1) is 0 Å². The van der Waals surface area contributed by atoms with Crippen molar-refractivity contribution in [1.29, 1.82) is 0 Å². The van der Waals surface area contributed by atoms with Crippen molar-refractivity contribution in [2.45, 2.75) is 39.3 Å². The third-order valence-electron chi connectivity index (χ3n) is 4.32. The Kier molecular flexibility index (Phi) is 5.87. The van der Waals surface area contributed by atoms with Gasteiger partial charge in [0.1, 0.15) is 5.75 Å². The van der Waals surface area contributed by atoms with Gasteiger partial charge >= 0.3 is 0 Å². The standard InChI is InChI=1S/C24H26N2O3/c1-16(29-19-14-13-17-9-5-6-10-18(17)15-19)22(27)25-21-12-8-7-11-20(21)23(28)26-24(2,3)4/h5-16H,1-4H3,(H,25,27)(H,26,28)/t16-/m1/s1. The largest absolute Gasteiger partial charge is 0.481 e. The molecule has 0 aliphatic rings. The lowest BCUT2D eigenvalue weighted by Gasteiger charge is -2.22. The lowest BCUT2D eigenvalue weighted by Crippen LogP contribution is -2.41. The molecule has 5 nitrogen and oxygen atoms in total. The quantitative estimate of drug-likeness (QED) is 0.659. The number of hydrogen-bond acceptors (Lipinski definition) is 3. The fraction of sp³-hybridized carbons (Fsp3) is 0.250. The minimum Gasteiger partial charge on any atom is -0.481 e. The van der Waals surface area contributed by atoms with Crippen molar-refractivity contribution in [3.05, 3.63) is 72.3 Å². The first-order valence-corrected chi connectivity index (χ1v) is 9.61. The highest BCUT2D eigenvalue weighted by Gasteiger charge is 2.21. The fourth-order valence-electron chi connectivity index (χ4n) is 2.93. The molecule has 0 fully saturated rings. The molecule has 0 heterocycles. The predicted octanol–water partition coefficient (Wildman–Crippen LogP) is 4.77. The van der Waals surface area contributed by atoms with Crippen LogP contribution >= 0.6 is 0 Å². The molecule has 0 aliphatic heterocycles. The molecule has 3 aromatic carbocycles. The van der Waals surface area contributed by atoms with E-state index >= 15 is 0 Å². The van der Waals surface area contributed by atoms with Crippen molar-refractivity contribution in [2.75, 3.05) is 5.32 Å². The van der Waals surface area contributed by atoms with Gasteiger partial charge in [-0.15, -0.1) is 0 Å². The van der Waals surface area contributed by atoms with E-state index in [9.17, 15) is 9.59 Å². The number of rotatable bonds is 5. The van der Waals surface area contributed by atoms with Gasteiger partial charge in [0, 0.05) is 5.54 Å². The second kappa shape index (κ2) is 8.35. The summed E-state index contributed by atoms with van der Waals surface area (Å²) in [6.07, 6.45) is -0.727. The summed E-state index contributed by atoms with van der Waals surface area (Å²) in [5.74, 6) is 0.0516. The Morgan fingerprint density at radius 1 is 0.897 bits per heavy atom. The lowest BCUT2D eigenvalue weighted by molar-refractivity contribution is -0.122. The number of benzene rings is 3. The minimum absolute atomic E-state index is 0.239. The molecule has 3 aromatic rings. The summed E-state index contributed by atoms with van der Waals surface area (Å²) >= 11 is 0. The first-order chi connectivity index (χ1) is 13.7. The Morgan fingerprint density at radius 3 is 2.28 bits per heavy atom. The van der Waals surface area contributed by atoms with Crippen molar-refractivity contribution < 1.29 is 14.3 Å². The van der Waals surface area contributed by atoms with Crippen LogP contribution in [0.5, 0.6) is 5.75 Å². The highest BCUT2D eigenvalue weighted by molar-refractivity contribution is 6.04. The van der Waals surface area contributed by atoms with Crippen LogP contribution in [0.15, 0.2) is 66.7 Å². The van der Waals surface area contributed by atoms with Crippen LogP contribution in [0.2, 0.25) is 0 Å². The Balaban J connectivity index is 1.71. The number of para-hydroxylation sites is 1. The van der Waals surface area contributed by atoms with Gasteiger partial charge in [0.15, 0.2) is 6.10 Å². The van der Waals surface area contributed by atoms with E-state index in [4.69, 9.17) is 4.74 Å². The molecule has 5 heteroatoms. The third-order valence-corrected chi connectivity index (χ3v) is 4.32. The molecule has 0 bridgehead atoms. The minimum atomic E-state index is -0.727. The highest BCUT2D eigenvalue weighted by atomic mass is 16.5. The number of fused-ring (bicyclic) bond motifs is 1. The van der Waals surface area contributed by atoms with Gasteiger partial charge in [-0.1, -0.05) is 42.5 Å². The first-order valence-electron chi connectivity index (χ1n) is 9.61. The predicted molar refractivity (Wildman–Crippen MR) is 116 cm³/mol. The fourth-order valence-corrected chi connectivity index (χ4v) is 2.93. The topological polar surface area (TPSA) is 67.4 Å². The van der Waals surface area contributed by atoms with E-state index in [0.717, 1.165) is 10.8 Å². The van der Waals surface area contributed by atoms with Crippen molar-refractivity contribution >= 4 is 28.3 Å². The van der Waals surface area contributed by atoms with Crippen LogP contribution < -0.4 is 15.4 Å². The SMILES string of the molecule is C[C@@H](Oc1ccc2ccccc2c1)C(=O)Nc1ccccc1C(=O)NC(C)(C)C. The number of carbonyl (C=O) groups excluding carboxylic acids is 2. The Morgan fingerprint density at radius 2 is 1.55 bits per heavy atom. The molecular formula is C24H26N2O3. The zero-order chi connectivity index (χ0) is 21.0. The number of carbonyl (C=O) groups is 2. The molecule has 0 saturated carbocycles. The molecule has 3 rings (SSSR count). The average molecular weight is 390 g/mol. The van der Waals surface area contributed by atoms with E-state index in [1.54, 1.807) is 31.2 Å². The van der Waals surface area contributed by atoms with Crippen molar-refractivity contribution in [2.24, 2.45) is 0 Å². The van der Waals surface area contributed by atoms with E-state index in [2.05, 4.69) is 10.6 Å². The maximum Gasteiger partial charge on any atom is 0.265 e. The van der Waals surface area contributed by atoms with Crippen molar-refractivity contribution in [3.63, 3.8) is 0 Å². The maximum atomic E-state index is 12.7. The van der Waals surface area contributed by atoms with Gasteiger partial charge in [-0.2, -0.15) is 0 Å². The lowest BCUT2D eigenvalue weighted by atomic mass is 10.1. The molecule has 0 aliphatic carbocycles. The Hall–Kier alpha value is -3.34. The molecule has 0 spiro atoms. The highest BCUT2D eigenvalue weighted by Crippen LogP contribution is 2.22. The van der Waals surface area contributed by atoms with Gasteiger partial charge in [-0.3, -0.25) is 9.59 Å². The summed E-state index contributed by atoms with van der Waals surface area (Å²) < 4.78 is 5.82. The van der Waals surface area contributed by atoms with Gasteiger partial charge in [-0.25, -0.2) is 0 Å². The second-order valence-electron chi connectivity index (χ2n) is 8.01.